The van der Waals surface area contributed by atoms with E-state index in [4.69, 9.17) is 37.0 Å². The van der Waals surface area contributed by atoms with E-state index in [0.29, 0.717) is 26.2 Å². The second-order valence-electron chi connectivity index (χ2n) is 25.5. The first kappa shape index (κ1) is 67.8. The largest absolute Gasteiger partial charge is 0.497 e. The van der Waals surface area contributed by atoms with Gasteiger partial charge in [0.05, 0.1) is 63.1 Å². The number of aliphatic hydroxyl groups excluding tert-OH is 1. The van der Waals surface area contributed by atoms with Gasteiger partial charge in [-0.2, -0.15) is 0 Å². The lowest BCUT2D eigenvalue weighted by atomic mass is 9.77. The van der Waals surface area contributed by atoms with Crippen LogP contribution in [0.4, 0.5) is 0 Å². The van der Waals surface area contributed by atoms with Crippen molar-refractivity contribution in [1.82, 2.24) is 0 Å². The van der Waals surface area contributed by atoms with Gasteiger partial charge in [0.25, 0.3) is 8.32 Å². The van der Waals surface area contributed by atoms with Crippen LogP contribution in [0.15, 0.2) is 115 Å². The van der Waals surface area contributed by atoms with Crippen LogP contribution in [0.5, 0.6) is 5.75 Å². The van der Waals surface area contributed by atoms with Crippen molar-refractivity contribution in [2.24, 2.45) is 35.5 Å². The zero-order chi connectivity index (χ0) is 59.1. The van der Waals surface area contributed by atoms with Crippen molar-refractivity contribution in [1.29, 1.82) is 0 Å². The molecule has 1 aliphatic heterocycles. The van der Waals surface area contributed by atoms with Crippen LogP contribution in [0.25, 0.3) is 0 Å². The van der Waals surface area contributed by atoms with E-state index >= 15 is 0 Å². The van der Waals surface area contributed by atoms with Gasteiger partial charge in [-0.25, -0.2) is 0 Å². The number of hydrogen-bond donors (Lipinski definition) is 1. The lowest BCUT2D eigenvalue weighted by Crippen LogP contribution is -2.67. The highest BCUT2D eigenvalue weighted by Crippen LogP contribution is 2.44. The van der Waals surface area contributed by atoms with Crippen LogP contribution in [-0.2, 0) is 45.4 Å². The van der Waals surface area contributed by atoms with Crippen LogP contribution in [0, 0.1) is 35.5 Å². The third-order valence-electron chi connectivity index (χ3n) is 18.9. The molecule has 1 fully saturated rings. The normalized spacial score (nSPS) is 21.1. The summed E-state index contributed by atoms with van der Waals surface area (Å²) in [5, 5.41) is 15.7. The molecule has 4 aromatic rings. The van der Waals surface area contributed by atoms with Gasteiger partial charge in [0.2, 0.25) is 0 Å². The summed E-state index contributed by atoms with van der Waals surface area (Å²) in [5.74, 6) is -0.312. The molecular weight excluding hydrogens is 1040 g/mol. The lowest BCUT2D eigenvalue weighted by molar-refractivity contribution is -0.336. The molecule has 9 nitrogen and oxygen atoms in total. The fourth-order valence-corrected chi connectivity index (χ4v) is 23.8. The van der Waals surface area contributed by atoms with Crippen molar-refractivity contribution in [3.05, 3.63) is 126 Å². The van der Waals surface area contributed by atoms with E-state index in [-0.39, 0.29) is 71.1 Å². The Morgan fingerprint density at radius 3 is 1.44 bits per heavy atom. The number of rotatable bonds is 33. The summed E-state index contributed by atoms with van der Waals surface area (Å²) >= 11 is 0. The van der Waals surface area contributed by atoms with Crippen LogP contribution >= 0.6 is 0 Å². The molecule has 13 atom stereocenters. The number of aliphatic hydroxyl groups is 1. The monoisotopic (exact) mass is 1150 g/mol. The number of ether oxygens (including phenoxy) is 5. The topological polar surface area (TPSA) is 94.1 Å². The molecule has 0 spiro atoms. The van der Waals surface area contributed by atoms with Crippen molar-refractivity contribution < 1.29 is 42.1 Å². The first-order valence-electron chi connectivity index (χ1n) is 31.0. The summed E-state index contributed by atoms with van der Waals surface area (Å²) in [6.45, 7) is 42.3. The molecule has 1 heterocycles. The second kappa shape index (κ2) is 30.7. The Kier molecular flexibility index (Phi) is 26.0. The third-order valence-corrected chi connectivity index (χ3v) is 33.2. The summed E-state index contributed by atoms with van der Waals surface area (Å²) in [6.07, 6.45) is -1.80. The quantitative estimate of drug-likeness (QED) is 0.0468. The molecule has 0 aromatic heterocycles. The maximum absolute atomic E-state index is 13.3. The molecule has 0 aliphatic carbocycles. The minimum absolute atomic E-state index is 0.00717. The van der Waals surface area contributed by atoms with Crippen LogP contribution in [0.1, 0.15) is 142 Å². The molecule has 0 bridgehead atoms. The Hall–Kier alpha value is -2.99. The summed E-state index contributed by atoms with van der Waals surface area (Å²) in [4.78, 5) is 0. The van der Waals surface area contributed by atoms with E-state index in [1.807, 2.05) is 32.0 Å². The average molecular weight is 1160 g/mol. The van der Waals surface area contributed by atoms with Crippen LogP contribution in [0.3, 0.4) is 0 Å². The van der Waals surface area contributed by atoms with Crippen molar-refractivity contribution >= 4 is 35.3 Å². The van der Waals surface area contributed by atoms with Crippen molar-refractivity contribution in [3.63, 3.8) is 0 Å². The lowest BCUT2D eigenvalue weighted by Gasteiger charge is -2.50. The predicted octanol–water partition coefficient (Wildman–Crippen LogP) is 15.6. The first-order chi connectivity index (χ1) is 37.9. The zero-order valence-electron chi connectivity index (χ0n) is 53.3. The molecular formula is C68H110O9Si3. The van der Waals surface area contributed by atoms with Gasteiger partial charge < -0.3 is 42.1 Å². The molecule has 1 N–H and O–H groups in total. The molecule has 4 aromatic carbocycles. The first-order valence-corrected chi connectivity index (χ1v) is 37.9. The van der Waals surface area contributed by atoms with E-state index in [1.165, 1.54) is 10.4 Å². The molecule has 1 aliphatic rings. The minimum Gasteiger partial charge on any atom is -0.497 e. The van der Waals surface area contributed by atoms with E-state index in [2.05, 4.69) is 208 Å². The average Bonchev–Trinajstić information content (AvgIpc) is 3.46. The molecule has 80 heavy (non-hydrogen) atoms. The fourth-order valence-electron chi connectivity index (χ4n) is 13.2. The van der Waals surface area contributed by atoms with Gasteiger partial charge in [0.15, 0.2) is 22.4 Å². The zero-order valence-corrected chi connectivity index (χ0v) is 56.3. The van der Waals surface area contributed by atoms with E-state index in [9.17, 15) is 5.11 Å². The van der Waals surface area contributed by atoms with E-state index < -0.39 is 42.9 Å². The van der Waals surface area contributed by atoms with Gasteiger partial charge in [-0.05, 0) is 108 Å². The molecule has 448 valence electrons. The Balaban J connectivity index is 1.51. The molecule has 0 radical (unpaired) electrons. The molecule has 5 rings (SSSR count). The van der Waals surface area contributed by atoms with Crippen molar-refractivity contribution in [3.8, 4) is 5.75 Å². The highest BCUT2D eigenvalue weighted by atomic mass is 28.4. The number of hydrogen-bond acceptors (Lipinski definition) is 9. The van der Waals surface area contributed by atoms with Crippen molar-refractivity contribution in [2.45, 2.75) is 234 Å². The molecule has 0 saturated carbocycles. The molecule has 0 amide bonds. The van der Waals surface area contributed by atoms with E-state index in [0.717, 1.165) is 53.1 Å². The summed E-state index contributed by atoms with van der Waals surface area (Å²) in [7, 11) is -5.70. The summed E-state index contributed by atoms with van der Waals surface area (Å²) < 4.78 is 56.6. The van der Waals surface area contributed by atoms with Gasteiger partial charge in [-0.3, -0.25) is 0 Å². The standard InChI is InChI=1S/C68H110O9Si3/c1-20-78(21-2,22-3)76-65(53(11)64(72-48-57-41-43-58(70-19)44-42-57)51(9)55(13)71-47-56-35-29-26-30-36-56)54(12)66(77-79(23-4,24-5)25-6)61(69)45-49(7)62-52(10)63(75-68(17,18)74-62)50(8)46-73-80(67(14,15)16,59-37-31-27-32-38-59)60-39-33-28-34-40-60/h26-44,49-55,61-66,69H,20-25,45-48H2,1-19H3/t49-,50-,51-,52+,53-,54+,55-,61-,62-,63+,64+,65-,66+/m0/s1. The highest BCUT2D eigenvalue weighted by molar-refractivity contribution is 6.99. The Labute approximate surface area is 490 Å². The molecule has 0 unspecified atom stereocenters. The minimum atomic E-state index is -2.80. The summed E-state index contributed by atoms with van der Waals surface area (Å²) in [6, 6.07) is 46.3. The predicted molar refractivity (Wildman–Crippen MR) is 339 cm³/mol. The van der Waals surface area contributed by atoms with Gasteiger partial charge in [0.1, 0.15) is 5.75 Å². The number of benzene rings is 4. The second-order valence-corrected chi connectivity index (χ2v) is 39.3. The maximum atomic E-state index is 13.3. The summed E-state index contributed by atoms with van der Waals surface area (Å²) in [5.41, 5.74) is 2.22. The highest BCUT2D eigenvalue weighted by Gasteiger charge is 2.53. The fraction of sp³-hybridized carbons (Fsp3) is 0.647. The number of methoxy groups -OCH3 is 1. The van der Waals surface area contributed by atoms with Gasteiger partial charge in [-0.1, -0.05) is 207 Å². The van der Waals surface area contributed by atoms with Gasteiger partial charge >= 0.3 is 0 Å². The van der Waals surface area contributed by atoms with Crippen LogP contribution in [-0.4, -0.2) is 92.3 Å². The smallest absolute Gasteiger partial charge is 0.261 e. The van der Waals surface area contributed by atoms with Gasteiger partial charge in [-0.15, -0.1) is 0 Å². The van der Waals surface area contributed by atoms with Crippen LogP contribution in [0.2, 0.25) is 41.3 Å². The Bertz CT molecular complexity index is 2290. The molecule has 12 heteroatoms. The Morgan fingerprint density at radius 1 is 0.550 bits per heavy atom. The van der Waals surface area contributed by atoms with Crippen LogP contribution < -0.4 is 15.1 Å². The van der Waals surface area contributed by atoms with E-state index in [1.54, 1.807) is 7.11 Å². The van der Waals surface area contributed by atoms with Gasteiger partial charge in [0, 0.05) is 36.2 Å². The molecule has 1 saturated heterocycles. The van der Waals surface area contributed by atoms with Crippen molar-refractivity contribution in [2.75, 3.05) is 13.7 Å². The third kappa shape index (κ3) is 16.9. The maximum Gasteiger partial charge on any atom is 0.261 e. The Morgan fingerprint density at radius 2 is 0.975 bits per heavy atom. The SMILES string of the molecule is CC[Si](CC)(CC)O[C@@H]([C@@H](C)[C@H](OCc1ccc(OC)cc1)[C@@H](C)[C@H](C)OCc1ccccc1)[C@@H](C)[C@@H](O[Si](CC)(CC)CC)[C@@H](O)C[C@H](C)[C@@H]1OC(C)(C)O[C@H]([C@@H](C)CO[Si](c2ccccc2)(c2ccccc2)C(C)(C)C)[C@@H]1C.